The molecule has 2 heterocycles. The Labute approximate surface area is 117 Å². The van der Waals surface area contributed by atoms with Gasteiger partial charge < -0.3 is 15.1 Å². The topological polar surface area (TPSA) is 35.6 Å². The number of piperidine rings is 1. The van der Waals surface area contributed by atoms with Crippen LogP contribution in [0.5, 0.6) is 0 Å². The molecular weight excluding hydrogens is 238 g/mol. The normalized spacial score (nSPS) is 29.5. The fourth-order valence-corrected chi connectivity index (χ4v) is 3.35. The van der Waals surface area contributed by atoms with Crippen LogP contribution in [0.1, 0.15) is 40.0 Å². The summed E-state index contributed by atoms with van der Waals surface area (Å²) in [6.45, 7) is 11.8. The molecule has 0 saturated carbocycles. The zero-order valence-corrected chi connectivity index (χ0v) is 12.7. The van der Waals surface area contributed by atoms with Crippen molar-refractivity contribution < 1.29 is 4.79 Å². The second-order valence-corrected chi connectivity index (χ2v) is 6.28. The summed E-state index contributed by atoms with van der Waals surface area (Å²) in [4.78, 5) is 17.0. The average molecular weight is 267 g/mol. The van der Waals surface area contributed by atoms with Crippen molar-refractivity contribution in [2.75, 3.05) is 32.7 Å². The van der Waals surface area contributed by atoms with E-state index in [1.54, 1.807) is 0 Å². The Balaban J connectivity index is 1.84. The first-order valence-electron chi connectivity index (χ1n) is 7.88. The molecule has 2 aliphatic rings. The third-order valence-corrected chi connectivity index (χ3v) is 4.51. The van der Waals surface area contributed by atoms with Gasteiger partial charge in [-0.1, -0.05) is 6.92 Å². The number of nitrogens with zero attached hydrogens (tertiary/aromatic N) is 2. The predicted molar refractivity (Wildman–Crippen MR) is 78.1 cm³/mol. The van der Waals surface area contributed by atoms with E-state index in [1.807, 2.05) is 0 Å². The van der Waals surface area contributed by atoms with Crippen LogP contribution in [-0.4, -0.2) is 60.5 Å². The summed E-state index contributed by atoms with van der Waals surface area (Å²) in [7, 11) is 0. The number of hydrogen-bond donors (Lipinski definition) is 1. The fourth-order valence-electron chi connectivity index (χ4n) is 3.35. The van der Waals surface area contributed by atoms with Crippen LogP contribution in [0.25, 0.3) is 0 Å². The third kappa shape index (κ3) is 3.69. The molecule has 1 N–H and O–H groups in total. The van der Waals surface area contributed by atoms with Crippen molar-refractivity contribution >= 4 is 5.91 Å². The molecule has 0 aromatic heterocycles. The predicted octanol–water partition coefficient (Wildman–Crippen LogP) is 1.32. The van der Waals surface area contributed by atoms with Gasteiger partial charge in [0.1, 0.15) is 0 Å². The van der Waals surface area contributed by atoms with Crippen molar-refractivity contribution in [1.29, 1.82) is 0 Å². The van der Waals surface area contributed by atoms with Crippen LogP contribution in [0.15, 0.2) is 0 Å². The van der Waals surface area contributed by atoms with E-state index in [9.17, 15) is 4.79 Å². The highest BCUT2D eigenvalue weighted by Crippen LogP contribution is 2.21. The molecule has 2 fully saturated rings. The van der Waals surface area contributed by atoms with Gasteiger partial charge in [0.15, 0.2) is 0 Å². The summed E-state index contributed by atoms with van der Waals surface area (Å²) in [5, 5.41) is 3.31. The monoisotopic (exact) mass is 267 g/mol. The molecule has 0 aliphatic carbocycles. The highest BCUT2D eigenvalue weighted by molar-refractivity contribution is 5.82. The first-order valence-corrected chi connectivity index (χ1v) is 7.88. The lowest BCUT2D eigenvalue weighted by Crippen LogP contribution is -2.52. The molecular formula is C15H29N3O. The molecule has 0 bridgehead atoms. The number of rotatable bonds is 5. The standard InChI is InChI=1S/C15H29N3O/c1-4-16-14-6-5-8-18(15(14)19)11-13-7-9-17(10-13)12(2)3/h12-14,16H,4-11H2,1-3H3. The molecule has 110 valence electrons. The quantitative estimate of drug-likeness (QED) is 0.816. The molecule has 2 aliphatic heterocycles. The third-order valence-electron chi connectivity index (χ3n) is 4.51. The fraction of sp³-hybridized carbons (Fsp3) is 0.933. The van der Waals surface area contributed by atoms with E-state index in [0.717, 1.165) is 39.0 Å². The number of amides is 1. The zero-order chi connectivity index (χ0) is 13.8. The number of carbonyl (C=O) groups excluding carboxylic acids is 1. The molecule has 1 amide bonds. The molecule has 4 heteroatoms. The minimum Gasteiger partial charge on any atom is -0.341 e. The maximum absolute atomic E-state index is 12.4. The van der Waals surface area contributed by atoms with Crippen LogP contribution in [0.3, 0.4) is 0 Å². The summed E-state index contributed by atoms with van der Waals surface area (Å²) < 4.78 is 0. The van der Waals surface area contributed by atoms with Gasteiger partial charge in [-0.15, -0.1) is 0 Å². The first-order chi connectivity index (χ1) is 9.11. The van der Waals surface area contributed by atoms with E-state index >= 15 is 0 Å². The van der Waals surface area contributed by atoms with Gasteiger partial charge in [0.05, 0.1) is 6.04 Å². The lowest BCUT2D eigenvalue weighted by molar-refractivity contribution is -0.136. The van der Waals surface area contributed by atoms with E-state index in [4.69, 9.17) is 0 Å². The maximum atomic E-state index is 12.4. The lowest BCUT2D eigenvalue weighted by atomic mass is 10.0. The Morgan fingerprint density at radius 2 is 2.11 bits per heavy atom. The van der Waals surface area contributed by atoms with E-state index in [1.165, 1.54) is 13.0 Å². The Bertz CT molecular complexity index is 304. The van der Waals surface area contributed by atoms with Gasteiger partial charge in [-0.3, -0.25) is 4.79 Å². The van der Waals surface area contributed by atoms with Gasteiger partial charge in [-0.2, -0.15) is 0 Å². The molecule has 2 saturated heterocycles. The number of carbonyl (C=O) groups is 1. The van der Waals surface area contributed by atoms with Gasteiger partial charge in [0.2, 0.25) is 5.91 Å². The van der Waals surface area contributed by atoms with Crippen molar-refractivity contribution in [2.45, 2.75) is 52.1 Å². The Morgan fingerprint density at radius 3 is 2.74 bits per heavy atom. The summed E-state index contributed by atoms with van der Waals surface area (Å²) in [5.74, 6) is 1.00. The molecule has 0 spiro atoms. The van der Waals surface area contributed by atoms with Crippen LogP contribution < -0.4 is 5.32 Å². The van der Waals surface area contributed by atoms with Gasteiger partial charge in [-0.25, -0.2) is 0 Å². The molecule has 2 unspecified atom stereocenters. The summed E-state index contributed by atoms with van der Waals surface area (Å²) in [6.07, 6.45) is 3.39. The van der Waals surface area contributed by atoms with E-state index in [2.05, 4.69) is 35.9 Å². The first kappa shape index (κ1) is 14.8. The second-order valence-electron chi connectivity index (χ2n) is 6.28. The van der Waals surface area contributed by atoms with Crippen LogP contribution in [0, 0.1) is 5.92 Å². The SMILES string of the molecule is CCNC1CCCN(CC2CCN(C(C)C)C2)C1=O. The minimum absolute atomic E-state index is 0.0707. The Morgan fingerprint density at radius 1 is 1.32 bits per heavy atom. The number of nitrogens with one attached hydrogen (secondary N) is 1. The van der Waals surface area contributed by atoms with Crippen LogP contribution in [0.2, 0.25) is 0 Å². The second kappa shape index (κ2) is 6.71. The van der Waals surface area contributed by atoms with Crippen molar-refractivity contribution in [2.24, 2.45) is 5.92 Å². The van der Waals surface area contributed by atoms with E-state index in [-0.39, 0.29) is 6.04 Å². The number of likely N-dealkylation sites (tertiary alicyclic amines) is 2. The van der Waals surface area contributed by atoms with E-state index in [0.29, 0.717) is 17.9 Å². The minimum atomic E-state index is 0.0707. The summed E-state index contributed by atoms with van der Waals surface area (Å²) >= 11 is 0. The summed E-state index contributed by atoms with van der Waals surface area (Å²) in [5.41, 5.74) is 0. The van der Waals surface area contributed by atoms with Gasteiger partial charge >= 0.3 is 0 Å². The van der Waals surface area contributed by atoms with Crippen molar-refractivity contribution in [3.8, 4) is 0 Å². The zero-order valence-electron chi connectivity index (χ0n) is 12.7. The van der Waals surface area contributed by atoms with Crippen molar-refractivity contribution in [3.05, 3.63) is 0 Å². The van der Waals surface area contributed by atoms with Crippen LogP contribution in [-0.2, 0) is 4.79 Å². The van der Waals surface area contributed by atoms with Gasteiger partial charge in [0.25, 0.3) is 0 Å². The largest absolute Gasteiger partial charge is 0.341 e. The maximum Gasteiger partial charge on any atom is 0.239 e. The molecule has 0 aromatic rings. The van der Waals surface area contributed by atoms with Gasteiger partial charge in [0, 0.05) is 25.7 Å². The molecule has 0 aromatic carbocycles. The molecule has 2 rings (SSSR count). The molecule has 4 nitrogen and oxygen atoms in total. The average Bonchev–Trinajstić information content (AvgIpc) is 2.83. The Kier molecular flexibility index (Phi) is 5.22. The van der Waals surface area contributed by atoms with E-state index < -0.39 is 0 Å². The highest BCUT2D eigenvalue weighted by atomic mass is 16.2. The summed E-state index contributed by atoms with van der Waals surface area (Å²) in [6, 6.07) is 0.706. The van der Waals surface area contributed by atoms with Gasteiger partial charge in [-0.05, 0) is 52.1 Å². The molecule has 0 radical (unpaired) electrons. The highest BCUT2D eigenvalue weighted by Gasteiger charge is 2.32. The lowest BCUT2D eigenvalue weighted by Gasteiger charge is -2.34. The number of likely N-dealkylation sites (N-methyl/N-ethyl adjacent to an activating group) is 1. The molecule has 2 atom stereocenters. The van der Waals surface area contributed by atoms with Crippen molar-refractivity contribution in [1.82, 2.24) is 15.1 Å². The van der Waals surface area contributed by atoms with Crippen LogP contribution in [0.4, 0.5) is 0 Å². The number of hydrogen-bond acceptors (Lipinski definition) is 3. The molecule has 19 heavy (non-hydrogen) atoms. The smallest absolute Gasteiger partial charge is 0.239 e. The van der Waals surface area contributed by atoms with Crippen LogP contribution >= 0.6 is 0 Å². The van der Waals surface area contributed by atoms with Crippen molar-refractivity contribution in [3.63, 3.8) is 0 Å². The Hall–Kier alpha value is -0.610.